The standard InChI is InChI=1S/C14H20N2O2/c1-9(15)7-10(2)16-14(17)13-8-11-5-3-4-6-12(11)18-13/h3-6,9-10,13H,7-8,15H2,1-2H3,(H,16,17). The average molecular weight is 248 g/mol. The van der Waals surface area contributed by atoms with E-state index in [0.717, 1.165) is 17.7 Å². The molecule has 0 aromatic heterocycles. The Morgan fingerprint density at radius 2 is 2.22 bits per heavy atom. The fourth-order valence-corrected chi connectivity index (χ4v) is 2.28. The van der Waals surface area contributed by atoms with Crippen LogP contribution >= 0.6 is 0 Å². The van der Waals surface area contributed by atoms with Crippen molar-refractivity contribution in [3.8, 4) is 5.75 Å². The molecule has 1 aromatic rings. The van der Waals surface area contributed by atoms with Crippen molar-refractivity contribution in [3.05, 3.63) is 29.8 Å². The minimum absolute atomic E-state index is 0.0562. The van der Waals surface area contributed by atoms with Gasteiger partial charge in [0.05, 0.1) is 0 Å². The van der Waals surface area contributed by atoms with Crippen LogP contribution < -0.4 is 15.8 Å². The fourth-order valence-electron chi connectivity index (χ4n) is 2.28. The summed E-state index contributed by atoms with van der Waals surface area (Å²) >= 11 is 0. The van der Waals surface area contributed by atoms with E-state index in [2.05, 4.69) is 5.32 Å². The van der Waals surface area contributed by atoms with Gasteiger partial charge in [0.15, 0.2) is 6.10 Å². The molecule has 4 heteroatoms. The van der Waals surface area contributed by atoms with Gasteiger partial charge in [-0.15, -0.1) is 0 Å². The number of carbonyl (C=O) groups is 1. The summed E-state index contributed by atoms with van der Waals surface area (Å²) in [4.78, 5) is 12.0. The van der Waals surface area contributed by atoms with Gasteiger partial charge in [-0.2, -0.15) is 0 Å². The first-order valence-corrected chi connectivity index (χ1v) is 6.36. The number of benzene rings is 1. The van der Waals surface area contributed by atoms with Crippen LogP contribution in [0.25, 0.3) is 0 Å². The molecule has 0 aliphatic carbocycles. The van der Waals surface area contributed by atoms with Crippen molar-refractivity contribution in [3.63, 3.8) is 0 Å². The molecule has 1 amide bonds. The Morgan fingerprint density at radius 3 is 2.89 bits per heavy atom. The van der Waals surface area contributed by atoms with Gasteiger partial charge in [0.2, 0.25) is 0 Å². The summed E-state index contributed by atoms with van der Waals surface area (Å²) in [6, 6.07) is 7.92. The number of amides is 1. The van der Waals surface area contributed by atoms with Gasteiger partial charge in [0.1, 0.15) is 5.75 Å². The number of rotatable bonds is 4. The molecule has 1 aliphatic rings. The van der Waals surface area contributed by atoms with E-state index in [-0.39, 0.29) is 18.0 Å². The number of ether oxygens (including phenoxy) is 1. The summed E-state index contributed by atoms with van der Waals surface area (Å²) in [6.07, 6.45) is 1.01. The summed E-state index contributed by atoms with van der Waals surface area (Å²) in [7, 11) is 0. The highest BCUT2D eigenvalue weighted by atomic mass is 16.5. The molecule has 0 saturated carbocycles. The predicted molar refractivity (Wildman–Crippen MR) is 70.4 cm³/mol. The van der Waals surface area contributed by atoms with Crippen molar-refractivity contribution in [1.82, 2.24) is 5.32 Å². The minimum atomic E-state index is -0.405. The quantitative estimate of drug-likeness (QED) is 0.842. The van der Waals surface area contributed by atoms with E-state index in [1.807, 2.05) is 38.1 Å². The monoisotopic (exact) mass is 248 g/mol. The number of nitrogens with two attached hydrogens (primary N) is 1. The molecule has 98 valence electrons. The van der Waals surface area contributed by atoms with Gasteiger partial charge in [0, 0.05) is 18.5 Å². The Balaban J connectivity index is 1.89. The second-order valence-electron chi connectivity index (χ2n) is 5.04. The van der Waals surface area contributed by atoms with Crippen LogP contribution in [0.1, 0.15) is 25.8 Å². The molecule has 3 atom stereocenters. The highest BCUT2D eigenvalue weighted by Crippen LogP contribution is 2.28. The zero-order chi connectivity index (χ0) is 13.1. The van der Waals surface area contributed by atoms with E-state index < -0.39 is 6.10 Å². The Bertz CT molecular complexity index is 407. The predicted octanol–water partition coefficient (Wildman–Crippen LogP) is 1.23. The third-order valence-corrected chi connectivity index (χ3v) is 3.05. The molecule has 0 saturated heterocycles. The molecular formula is C14H20N2O2. The summed E-state index contributed by atoms with van der Waals surface area (Å²) in [5.74, 6) is 0.761. The first-order valence-electron chi connectivity index (χ1n) is 6.36. The van der Waals surface area contributed by atoms with Crippen molar-refractivity contribution >= 4 is 5.91 Å². The summed E-state index contributed by atoms with van der Waals surface area (Å²) in [5, 5.41) is 2.94. The van der Waals surface area contributed by atoms with Crippen molar-refractivity contribution in [2.75, 3.05) is 0 Å². The zero-order valence-corrected chi connectivity index (χ0v) is 10.8. The number of fused-ring (bicyclic) bond motifs is 1. The molecule has 1 aromatic carbocycles. The molecule has 3 unspecified atom stereocenters. The molecule has 3 N–H and O–H groups in total. The highest BCUT2D eigenvalue weighted by Gasteiger charge is 2.29. The van der Waals surface area contributed by atoms with E-state index in [4.69, 9.17) is 10.5 Å². The lowest BCUT2D eigenvalue weighted by Gasteiger charge is -2.18. The lowest BCUT2D eigenvalue weighted by molar-refractivity contribution is -0.127. The minimum Gasteiger partial charge on any atom is -0.480 e. The second kappa shape index (κ2) is 5.40. The molecule has 0 bridgehead atoms. The molecule has 4 nitrogen and oxygen atoms in total. The molecule has 0 radical (unpaired) electrons. The third kappa shape index (κ3) is 3.01. The van der Waals surface area contributed by atoms with Crippen molar-refractivity contribution in [1.29, 1.82) is 0 Å². The van der Waals surface area contributed by atoms with Gasteiger partial charge in [-0.1, -0.05) is 18.2 Å². The molecule has 0 fully saturated rings. The summed E-state index contributed by atoms with van der Waals surface area (Å²) in [6.45, 7) is 3.90. The van der Waals surface area contributed by atoms with Crippen molar-refractivity contribution < 1.29 is 9.53 Å². The van der Waals surface area contributed by atoms with Crippen molar-refractivity contribution in [2.45, 2.75) is 44.9 Å². The number of para-hydroxylation sites is 1. The number of hydrogen-bond acceptors (Lipinski definition) is 3. The zero-order valence-electron chi connectivity index (χ0n) is 10.8. The van der Waals surface area contributed by atoms with Gasteiger partial charge in [-0.3, -0.25) is 4.79 Å². The molecule has 1 heterocycles. The molecule has 1 aliphatic heterocycles. The molecule has 2 rings (SSSR count). The van der Waals surface area contributed by atoms with Gasteiger partial charge >= 0.3 is 0 Å². The SMILES string of the molecule is CC(N)CC(C)NC(=O)C1Cc2ccccc2O1. The lowest BCUT2D eigenvalue weighted by atomic mass is 10.1. The number of nitrogens with one attached hydrogen (secondary N) is 1. The van der Waals surface area contributed by atoms with Gasteiger partial charge in [-0.25, -0.2) is 0 Å². The number of carbonyl (C=O) groups excluding carboxylic acids is 1. The fraction of sp³-hybridized carbons (Fsp3) is 0.500. The molecule has 18 heavy (non-hydrogen) atoms. The van der Waals surface area contributed by atoms with E-state index in [1.165, 1.54) is 0 Å². The maximum Gasteiger partial charge on any atom is 0.261 e. The van der Waals surface area contributed by atoms with E-state index in [9.17, 15) is 4.79 Å². The van der Waals surface area contributed by atoms with Crippen LogP contribution in [0.15, 0.2) is 24.3 Å². The van der Waals surface area contributed by atoms with E-state index >= 15 is 0 Å². The van der Waals surface area contributed by atoms with Crippen LogP contribution in [0.5, 0.6) is 5.75 Å². The first-order chi connectivity index (χ1) is 8.56. The van der Waals surface area contributed by atoms with Crippen LogP contribution in [-0.2, 0) is 11.2 Å². The first kappa shape index (κ1) is 12.9. The Kier molecular flexibility index (Phi) is 3.87. The third-order valence-electron chi connectivity index (χ3n) is 3.05. The Morgan fingerprint density at radius 1 is 1.50 bits per heavy atom. The van der Waals surface area contributed by atoms with E-state index in [1.54, 1.807) is 0 Å². The highest BCUT2D eigenvalue weighted by molar-refractivity contribution is 5.82. The number of hydrogen-bond donors (Lipinski definition) is 2. The van der Waals surface area contributed by atoms with Crippen LogP contribution in [0.4, 0.5) is 0 Å². The van der Waals surface area contributed by atoms with Gasteiger partial charge in [0.25, 0.3) is 5.91 Å². The van der Waals surface area contributed by atoms with Gasteiger partial charge in [-0.05, 0) is 31.9 Å². The summed E-state index contributed by atoms with van der Waals surface area (Å²) in [5.41, 5.74) is 6.80. The van der Waals surface area contributed by atoms with Crippen LogP contribution in [0.2, 0.25) is 0 Å². The Hall–Kier alpha value is -1.55. The summed E-state index contributed by atoms with van der Waals surface area (Å²) < 4.78 is 5.63. The molecular weight excluding hydrogens is 228 g/mol. The lowest BCUT2D eigenvalue weighted by Crippen LogP contribution is -2.43. The second-order valence-corrected chi connectivity index (χ2v) is 5.04. The maximum absolute atomic E-state index is 12.0. The Labute approximate surface area is 108 Å². The van der Waals surface area contributed by atoms with Crippen molar-refractivity contribution in [2.24, 2.45) is 5.73 Å². The van der Waals surface area contributed by atoms with Crippen LogP contribution in [0.3, 0.4) is 0 Å². The van der Waals surface area contributed by atoms with Crippen LogP contribution in [-0.4, -0.2) is 24.1 Å². The van der Waals surface area contributed by atoms with Crippen LogP contribution in [0, 0.1) is 0 Å². The molecule has 0 spiro atoms. The van der Waals surface area contributed by atoms with E-state index in [0.29, 0.717) is 6.42 Å². The topological polar surface area (TPSA) is 64.3 Å². The average Bonchev–Trinajstić information content (AvgIpc) is 2.71. The van der Waals surface area contributed by atoms with Gasteiger partial charge < -0.3 is 15.8 Å². The largest absolute Gasteiger partial charge is 0.480 e. The maximum atomic E-state index is 12.0. The smallest absolute Gasteiger partial charge is 0.261 e. The normalized spacial score (nSPS) is 20.7.